The van der Waals surface area contributed by atoms with Gasteiger partial charge in [-0.05, 0) is 31.9 Å². The summed E-state index contributed by atoms with van der Waals surface area (Å²) in [6.45, 7) is 0.501. The van der Waals surface area contributed by atoms with E-state index in [2.05, 4.69) is 0 Å². The van der Waals surface area contributed by atoms with Gasteiger partial charge in [0.2, 0.25) is 0 Å². The van der Waals surface area contributed by atoms with E-state index in [1.807, 2.05) is 0 Å². The molecule has 0 saturated heterocycles. The number of nitrogens with zero attached hydrogens (tertiary/aromatic N) is 1. The first-order valence-electron chi connectivity index (χ1n) is 6.17. The van der Waals surface area contributed by atoms with E-state index in [1.54, 1.807) is 6.92 Å². The molecule has 1 aliphatic carbocycles. The monoisotopic (exact) mass is 276 g/mol. The van der Waals surface area contributed by atoms with E-state index in [-0.39, 0.29) is 17.3 Å². The third-order valence-corrected chi connectivity index (χ3v) is 3.13. The summed E-state index contributed by atoms with van der Waals surface area (Å²) in [6.07, 6.45) is -2.92. The van der Waals surface area contributed by atoms with Gasteiger partial charge in [-0.1, -0.05) is 6.07 Å². The highest BCUT2D eigenvalue weighted by molar-refractivity contribution is 5.57. The summed E-state index contributed by atoms with van der Waals surface area (Å²) in [5, 5.41) is 0. The van der Waals surface area contributed by atoms with Gasteiger partial charge in [0.25, 0.3) is 0 Å². The van der Waals surface area contributed by atoms with Crippen LogP contribution in [0.5, 0.6) is 0 Å². The number of rotatable bonds is 4. The van der Waals surface area contributed by atoms with Crippen LogP contribution in [-0.2, 0) is 0 Å². The van der Waals surface area contributed by atoms with Crippen LogP contribution < -0.4 is 10.6 Å². The van der Waals surface area contributed by atoms with E-state index in [1.165, 1.54) is 23.1 Å². The van der Waals surface area contributed by atoms with Crippen molar-refractivity contribution in [2.45, 2.75) is 38.0 Å². The summed E-state index contributed by atoms with van der Waals surface area (Å²) < 4.78 is 51.7. The van der Waals surface area contributed by atoms with Gasteiger partial charge in [0, 0.05) is 23.3 Å². The Morgan fingerprint density at radius 1 is 1.37 bits per heavy atom. The molecule has 106 valence electrons. The van der Waals surface area contributed by atoms with Gasteiger partial charge in [-0.25, -0.2) is 4.39 Å². The van der Waals surface area contributed by atoms with Gasteiger partial charge in [-0.2, -0.15) is 13.2 Å². The number of hydrogen-bond donors (Lipinski definition) is 1. The highest BCUT2D eigenvalue weighted by Crippen LogP contribution is 2.38. The Kier molecular flexibility index (Phi) is 3.71. The molecule has 1 unspecified atom stereocenters. The van der Waals surface area contributed by atoms with E-state index in [9.17, 15) is 17.6 Å². The van der Waals surface area contributed by atoms with Crippen LogP contribution in [-0.4, -0.2) is 18.8 Å². The maximum Gasteiger partial charge on any atom is 0.405 e. The topological polar surface area (TPSA) is 29.3 Å². The normalized spacial score (nSPS) is 17.4. The van der Waals surface area contributed by atoms with Gasteiger partial charge < -0.3 is 10.6 Å². The van der Waals surface area contributed by atoms with Gasteiger partial charge >= 0.3 is 6.18 Å². The molecule has 0 amide bonds. The Bertz CT molecular complexity index is 452. The Hall–Kier alpha value is -1.30. The first-order valence-corrected chi connectivity index (χ1v) is 6.17. The number of anilines is 1. The number of nitrogens with two attached hydrogens (primary N) is 1. The molecule has 1 aromatic carbocycles. The first-order chi connectivity index (χ1) is 8.79. The summed E-state index contributed by atoms with van der Waals surface area (Å²) in [7, 11) is 0. The third-order valence-electron chi connectivity index (χ3n) is 3.13. The molecule has 1 fully saturated rings. The quantitative estimate of drug-likeness (QED) is 0.854. The molecular weight excluding hydrogens is 260 g/mol. The molecule has 1 aromatic rings. The fraction of sp³-hybridized carbons (Fsp3) is 0.538. The molecule has 2 N–H and O–H groups in total. The Morgan fingerprint density at radius 2 is 2.00 bits per heavy atom. The zero-order valence-electron chi connectivity index (χ0n) is 10.5. The van der Waals surface area contributed by atoms with Crippen LogP contribution in [0.25, 0.3) is 0 Å². The van der Waals surface area contributed by atoms with Gasteiger partial charge in [-0.3, -0.25) is 0 Å². The first kappa shape index (κ1) is 14.1. The van der Waals surface area contributed by atoms with Crippen LogP contribution in [0.2, 0.25) is 0 Å². The fourth-order valence-electron chi connectivity index (χ4n) is 2.22. The Morgan fingerprint density at radius 3 is 2.47 bits per heavy atom. The van der Waals surface area contributed by atoms with Crippen molar-refractivity contribution in [3.63, 3.8) is 0 Å². The molecule has 0 spiro atoms. The predicted octanol–water partition coefficient (Wildman–Crippen LogP) is 3.38. The van der Waals surface area contributed by atoms with Gasteiger partial charge in [0.05, 0.1) is 0 Å². The van der Waals surface area contributed by atoms with E-state index >= 15 is 0 Å². The molecule has 0 bridgehead atoms. The van der Waals surface area contributed by atoms with E-state index in [0.717, 1.165) is 0 Å². The van der Waals surface area contributed by atoms with Crippen molar-refractivity contribution in [2.75, 3.05) is 11.4 Å². The van der Waals surface area contributed by atoms with Crippen LogP contribution in [0.15, 0.2) is 18.2 Å². The lowest BCUT2D eigenvalue weighted by Gasteiger charge is -2.29. The van der Waals surface area contributed by atoms with Crippen molar-refractivity contribution >= 4 is 5.69 Å². The van der Waals surface area contributed by atoms with Crippen molar-refractivity contribution in [1.29, 1.82) is 0 Å². The predicted molar refractivity (Wildman–Crippen MR) is 65.4 cm³/mol. The highest BCUT2D eigenvalue weighted by Gasteiger charge is 2.39. The minimum Gasteiger partial charge on any atom is -0.359 e. The molecule has 1 aliphatic rings. The molecule has 0 aliphatic heterocycles. The second-order valence-corrected chi connectivity index (χ2v) is 4.94. The van der Waals surface area contributed by atoms with Crippen molar-refractivity contribution < 1.29 is 17.6 Å². The van der Waals surface area contributed by atoms with Crippen LogP contribution in [0.3, 0.4) is 0 Å². The number of alkyl halides is 3. The summed E-state index contributed by atoms with van der Waals surface area (Å²) in [4.78, 5) is 1.22. The molecule has 1 atom stereocenters. The third kappa shape index (κ3) is 3.37. The smallest absolute Gasteiger partial charge is 0.359 e. The molecule has 2 nitrogen and oxygen atoms in total. The summed E-state index contributed by atoms with van der Waals surface area (Å²) in [5.74, 6) is -0.555. The lowest BCUT2D eigenvalue weighted by atomic mass is 10.0. The Labute approximate surface area is 109 Å². The minimum atomic E-state index is -4.32. The van der Waals surface area contributed by atoms with E-state index in [0.29, 0.717) is 12.8 Å². The molecule has 0 heterocycles. The standard InChI is InChI=1S/C13H16F4N2/c1-8(18)12-10(14)3-2-4-11(12)19(9-5-6-9)7-13(15,16)17/h2-4,8-9H,5-7,18H2,1H3. The zero-order chi connectivity index (χ0) is 14.2. The molecule has 2 rings (SSSR count). The second kappa shape index (κ2) is 5.00. The van der Waals surface area contributed by atoms with Crippen LogP contribution >= 0.6 is 0 Å². The van der Waals surface area contributed by atoms with Crippen LogP contribution in [0, 0.1) is 5.82 Å². The van der Waals surface area contributed by atoms with Gasteiger partial charge in [0.1, 0.15) is 12.4 Å². The van der Waals surface area contributed by atoms with E-state index in [4.69, 9.17) is 5.73 Å². The highest BCUT2D eigenvalue weighted by atomic mass is 19.4. The van der Waals surface area contributed by atoms with Crippen LogP contribution in [0.4, 0.5) is 23.2 Å². The molecule has 19 heavy (non-hydrogen) atoms. The second-order valence-electron chi connectivity index (χ2n) is 4.94. The average Bonchev–Trinajstić information content (AvgIpc) is 3.07. The number of benzene rings is 1. The molecule has 0 aromatic heterocycles. The van der Waals surface area contributed by atoms with Crippen molar-refractivity contribution in [1.82, 2.24) is 0 Å². The summed E-state index contributed by atoms with van der Waals surface area (Å²) in [5.41, 5.74) is 6.10. The van der Waals surface area contributed by atoms with E-state index < -0.39 is 24.6 Å². The SMILES string of the molecule is CC(N)c1c(F)cccc1N(CC(F)(F)F)C1CC1. The molecular formula is C13H16F4N2. The van der Waals surface area contributed by atoms with Gasteiger partial charge in [-0.15, -0.1) is 0 Å². The fourth-order valence-corrected chi connectivity index (χ4v) is 2.22. The minimum absolute atomic E-state index is 0.152. The van der Waals surface area contributed by atoms with Gasteiger partial charge in [0.15, 0.2) is 0 Å². The number of halogens is 4. The molecule has 6 heteroatoms. The van der Waals surface area contributed by atoms with Crippen molar-refractivity contribution in [2.24, 2.45) is 5.73 Å². The lowest BCUT2D eigenvalue weighted by molar-refractivity contribution is -0.120. The van der Waals surface area contributed by atoms with Crippen molar-refractivity contribution in [3.8, 4) is 0 Å². The maximum absolute atomic E-state index is 13.8. The van der Waals surface area contributed by atoms with Crippen molar-refractivity contribution in [3.05, 3.63) is 29.6 Å². The Balaban J connectivity index is 2.39. The summed E-state index contributed by atoms with van der Waals surface area (Å²) in [6, 6.07) is 3.33. The van der Waals surface area contributed by atoms with Crippen LogP contribution in [0.1, 0.15) is 31.4 Å². The molecule has 0 radical (unpaired) electrons. The molecule has 1 saturated carbocycles. The zero-order valence-corrected chi connectivity index (χ0v) is 10.5. The average molecular weight is 276 g/mol. The lowest BCUT2D eigenvalue weighted by Crippen LogP contribution is -2.37. The largest absolute Gasteiger partial charge is 0.405 e. The maximum atomic E-state index is 13.8. The number of hydrogen-bond acceptors (Lipinski definition) is 2. The summed E-state index contributed by atoms with van der Waals surface area (Å²) >= 11 is 0.